The van der Waals surface area contributed by atoms with E-state index >= 15 is 0 Å². The van der Waals surface area contributed by atoms with Gasteiger partial charge >= 0.3 is 6.09 Å². The second kappa shape index (κ2) is 5.17. The molecule has 0 aromatic heterocycles. The van der Waals surface area contributed by atoms with Crippen LogP contribution in [0.15, 0.2) is 0 Å². The number of nitrogens with two attached hydrogens (primary N) is 1. The first kappa shape index (κ1) is 13.2. The zero-order chi connectivity index (χ0) is 11.4. The highest BCUT2D eigenvalue weighted by Gasteiger charge is 2.20. The first-order chi connectivity index (χ1) is 6.26. The molecule has 84 valence electrons. The standard InChI is InChI=1S/C9H20N2O3/c1-6(7(10)13-5)11-8(12)14-9(2,3)4/h6-7H,10H2,1-5H3,(H,11,12). The first-order valence-electron chi connectivity index (χ1n) is 4.54. The van der Waals surface area contributed by atoms with E-state index in [4.69, 9.17) is 15.2 Å². The van der Waals surface area contributed by atoms with Crippen LogP contribution in [0.5, 0.6) is 0 Å². The van der Waals surface area contributed by atoms with Gasteiger partial charge in [0.2, 0.25) is 0 Å². The van der Waals surface area contributed by atoms with Gasteiger partial charge in [0.25, 0.3) is 0 Å². The van der Waals surface area contributed by atoms with Crippen molar-refractivity contribution in [3.8, 4) is 0 Å². The Bertz CT molecular complexity index is 189. The summed E-state index contributed by atoms with van der Waals surface area (Å²) in [6.07, 6.45) is -1.01. The smallest absolute Gasteiger partial charge is 0.408 e. The molecular formula is C9H20N2O3. The van der Waals surface area contributed by atoms with Gasteiger partial charge in [-0.15, -0.1) is 0 Å². The second-order valence-corrected chi connectivity index (χ2v) is 4.14. The molecule has 0 aliphatic rings. The number of carbonyl (C=O) groups is 1. The van der Waals surface area contributed by atoms with Gasteiger partial charge in [0.1, 0.15) is 11.8 Å². The summed E-state index contributed by atoms with van der Waals surface area (Å²) in [7, 11) is 1.48. The summed E-state index contributed by atoms with van der Waals surface area (Å²) in [5.74, 6) is 0. The molecule has 0 fully saturated rings. The Balaban J connectivity index is 3.95. The second-order valence-electron chi connectivity index (χ2n) is 4.14. The number of nitrogens with one attached hydrogen (secondary N) is 1. The molecule has 5 nitrogen and oxygen atoms in total. The van der Waals surface area contributed by atoms with Crippen molar-refractivity contribution in [3.63, 3.8) is 0 Å². The lowest BCUT2D eigenvalue weighted by molar-refractivity contribution is 0.0372. The Morgan fingerprint density at radius 2 is 1.93 bits per heavy atom. The predicted molar refractivity (Wildman–Crippen MR) is 53.8 cm³/mol. The van der Waals surface area contributed by atoms with Crippen LogP contribution in [0.4, 0.5) is 4.79 Å². The van der Waals surface area contributed by atoms with Gasteiger partial charge in [-0.25, -0.2) is 4.79 Å². The minimum absolute atomic E-state index is 0.283. The molecule has 0 aromatic rings. The highest BCUT2D eigenvalue weighted by Crippen LogP contribution is 2.06. The zero-order valence-electron chi connectivity index (χ0n) is 9.46. The number of methoxy groups -OCH3 is 1. The SMILES string of the molecule is COC(N)C(C)NC(=O)OC(C)(C)C. The van der Waals surface area contributed by atoms with Crippen molar-refractivity contribution in [1.29, 1.82) is 0 Å². The van der Waals surface area contributed by atoms with Crippen LogP contribution in [-0.2, 0) is 9.47 Å². The molecule has 2 atom stereocenters. The maximum Gasteiger partial charge on any atom is 0.408 e. The van der Waals surface area contributed by atoms with Crippen molar-refractivity contribution < 1.29 is 14.3 Å². The highest BCUT2D eigenvalue weighted by atomic mass is 16.6. The van der Waals surface area contributed by atoms with Gasteiger partial charge in [0, 0.05) is 7.11 Å². The third kappa shape index (κ3) is 5.77. The molecule has 0 saturated heterocycles. The van der Waals surface area contributed by atoms with E-state index in [1.807, 2.05) is 0 Å². The largest absolute Gasteiger partial charge is 0.444 e. The van der Waals surface area contributed by atoms with Gasteiger partial charge in [-0.1, -0.05) is 0 Å². The average Bonchev–Trinajstić information content (AvgIpc) is 1.99. The normalized spacial score (nSPS) is 15.9. The van der Waals surface area contributed by atoms with Gasteiger partial charge in [-0.2, -0.15) is 0 Å². The van der Waals surface area contributed by atoms with Crippen LogP contribution in [0.3, 0.4) is 0 Å². The molecule has 0 aliphatic heterocycles. The van der Waals surface area contributed by atoms with Crippen molar-refractivity contribution in [2.45, 2.75) is 45.6 Å². The van der Waals surface area contributed by atoms with E-state index in [1.165, 1.54) is 7.11 Å². The van der Waals surface area contributed by atoms with Crippen LogP contribution in [0.25, 0.3) is 0 Å². The summed E-state index contributed by atoms with van der Waals surface area (Å²) in [5.41, 5.74) is 5.04. The Hall–Kier alpha value is -0.810. The fourth-order valence-corrected chi connectivity index (χ4v) is 0.780. The van der Waals surface area contributed by atoms with Crippen LogP contribution in [0.1, 0.15) is 27.7 Å². The quantitative estimate of drug-likeness (QED) is 0.668. The summed E-state index contributed by atoms with van der Waals surface area (Å²) in [5, 5.41) is 2.58. The highest BCUT2D eigenvalue weighted by molar-refractivity contribution is 5.68. The molecule has 0 bridgehead atoms. The van der Waals surface area contributed by atoms with E-state index in [2.05, 4.69) is 5.32 Å². The number of ether oxygens (including phenoxy) is 2. The Labute approximate surface area is 84.9 Å². The maximum atomic E-state index is 11.2. The minimum atomic E-state index is -0.525. The van der Waals surface area contributed by atoms with E-state index in [0.29, 0.717) is 0 Å². The van der Waals surface area contributed by atoms with Crippen LogP contribution >= 0.6 is 0 Å². The molecule has 0 rings (SSSR count). The number of alkyl carbamates (subject to hydrolysis) is 1. The third-order valence-corrected chi connectivity index (χ3v) is 1.51. The third-order valence-electron chi connectivity index (χ3n) is 1.51. The topological polar surface area (TPSA) is 73.6 Å². The summed E-state index contributed by atoms with van der Waals surface area (Å²) in [6.45, 7) is 7.15. The van der Waals surface area contributed by atoms with Crippen LogP contribution < -0.4 is 11.1 Å². The Morgan fingerprint density at radius 1 is 1.43 bits per heavy atom. The molecule has 0 aliphatic carbocycles. The lowest BCUT2D eigenvalue weighted by Gasteiger charge is -2.24. The van der Waals surface area contributed by atoms with E-state index < -0.39 is 17.9 Å². The molecule has 0 saturated carbocycles. The van der Waals surface area contributed by atoms with Gasteiger partial charge in [0.05, 0.1) is 6.04 Å². The molecule has 1 amide bonds. The van der Waals surface area contributed by atoms with Crippen LogP contribution in [0.2, 0.25) is 0 Å². The van der Waals surface area contributed by atoms with Crippen molar-refractivity contribution in [2.75, 3.05) is 7.11 Å². The lowest BCUT2D eigenvalue weighted by atomic mass is 10.2. The number of rotatable bonds is 3. The summed E-state index contributed by atoms with van der Waals surface area (Å²) >= 11 is 0. The molecule has 0 radical (unpaired) electrons. The van der Waals surface area contributed by atoms with Crippen molar-refractivity contribution >= 4 is 6.09 Å². The average molecular weight is 204 g/mol. The molecule has 5 heteroatoms. The summed E-state index contributed by atoms with van der Waals surface area (Å²) in [6, 6.07) is -0.283. The molecular weight excluding hydrogens is 184 g/mol. The molecule has 0 heterocycles. The molecule has 0 aromatic carbocycles. The fourth-order valence-electron chi connectivity index (χ4n) is 0.780. The Morgan fingerprint density at radius 3 is 2.29 bits per heavy atom. The number of carbonyl (C=O) groups excluding carboxylic acids is 1. The maximum absolute atomic E-state index is 11.2. The van der Waals surface area contributed by atoms with E-state index in [1.54, 1.807) is 27.7 Å². The number of hydrogen-bond acceptors (Lipinski definition) is 4. The number of amides is 1. The molecule has 0 spiro atoms. The van der Waals surface area contributed by atoms with Gasteiger partial charge in [-0.05, 0) is 27.7 Å². The van der Waals surface area contributed by atoms with Crippen LogP contribution in [-0.4, -0.2) is 31.1 Å². The Kier molecular flexibility index (Phi) is 4.87. The van der Waals surface area contributed by atoms with Gasteiger partial charge in [-0.3, -0.25) is 0 Å². The van der Waals surface area contributed by atoms with Gasteiger partial charge in [0.15, 0.2) is 0 Å². The van der Waals surface area contributed by atoms with Crippen molar-refractivity contribution in [1.82, 2.24) is 5.32 Å². The van der Waals surface area contributed by atoms with E-state index in [0.717, 1.165) is 0 Å². The van der Waals surface area contributed by atoms with Crippen LogP contribution in [0, 0.1) is 0 Å². The summed E-state index contributed by atoms with van der Waals surface area (Å²) in [4.78, 5) is 11.2. The number of hydrogen-bond donors (Lipinski definition) is 2. The first-order valence-corrected chi connectivity index (χ1v) is 4.54. The molecule has 2 unspecified atom stereocenters. The van der Waals surface area contributed by atoms with Crippen molar-refractivity contribution in [3.05, 3.63) is 0 Å². The predicted octanol–water partition coefficient (Wildman–Crippen LogP) is 0.831. The monoisotopic (exact) mass is 204 g/mol. The summed E-state index contributed by atoms with van der Waals surface area (Å²) < 4.78 is 9.89. The molecule has 14 heavy (non-hydrogen) atoms. The fraction of sp³-hybridized carbons (Fsp3) is 0.889. The zero-order valence-corrected chi connectivity index (χ0v) is 9.46. The minimum Gasteiger partial charge on any atom is -0.444 e. The lowest BCUT2D eigenvalue weighted by Crippen LogP contribution is -2.48. The van der Waals surface area contributed by atoms with E-state index in [-0.39, 0.29) is 6.04 Å². The van der Waals surface area contributed by atoms with Crippen molar-refractivity contribution in [2.24, 2.45) is 5.73 Å². The molecule has 3 N–H and O–H groups in total. The van der Waals surface area contributed by atoms with E-state index in [9.17, 15) is 4.79 Å². The van der Waals surface area contributed by atoms with Gasteiger partial charge < -0.3 is 20.5 Å².